The smallest absolute Gasteiger partial charge is 0.147 e. The van der Waals surface area contributed by atoms with Crippen LogP contribution in [-0.2, 0) is 6.42 Å². The Morgan fingerprint density at radius 3 is 3.22 bits per heavy atom. The van der Waals surface area contributed by atoms with Gasteiger partial charge >= 0.3 is 0 Å². The van der Waals surface area contributed by atoms with Crippen LogP contribution in [0.15, 0.2) is 10.8 Å². The Morgan fingerprint density at radius 2 is 2.67 bits per heavy atom. The van der Waals surface area contributed by atoms with E-state index in [1.807, 2.05) is 6.92 Å². The van der Waals surface area contributed by atoms with E-state index in [1.54, 1.807) is 6.26 Å². The van der Waals surface area contributed by atoms with Crippen molar-refractivity contribution in [2.75, 3.05) is 0 Å². The predicted molar refractivity (Wildman–Crippen MR) is 32.6 cm³/mol. The normalized spacial score (nSPS) is 9.89. The van der Waals surface area contributed by atoms with Crippen molar-refractivity contribution in [2.24, 2.45) is 0 Å². The molecule has 0 saturated carbocycles. The molecule has 0 fully saturated rings. The minimum Gasteiger partial charge on any atom is -0.345 e. The summed E-state index contributed by atoms with van der Waals surface area (Å²) in [5, 5.41) is 7.05. The highest BCUT2D eigenvalue weighted by Crippen LogP contribution is 1.97. The van der Waals surface area contributed by atoms with Gasteiger partial charge in [-0.15, -0.1) is 5.10 Å². The van der Waals surface area contributed by atoms with Crippen LogP contribution in [0.25, 0.3) is 0 Å². The lowest BCUT2D eigenvalue weighted by atomic mass is 10.2. The molecule has 0 spiro atoms. The topological polar surface area (TPSA) is 38.9 Å². The first kappa shape index (κ1) is 6.26. The van der Waals surface area contributed by atoms with E-state index >= 15 is 0 Å². The molecule has 3 nitrogen and oxygen atoms in total. The molecule has 9 heavy (non-hydrogen) atoms. The minimum absolute atomic E-state index is 0.924. The number of nitrogens with zero attached hydrogens (tertiary/aromatic N) is 2. The van der Waals surface area contributed by atoms with Crippen molar-refractivity contribution < 1.29 is 4.52 Å². The first-order valence-corrected chi connectivity index (χ1v) is 2.97. The zero-order valence-corrected chi connectivity index (χ0v) is 5.37. The molecular weight excluding hydrogens is 116 g/mol. The maximum Gasteiger partial charge on any atom is 0.147 e. The second-order valence-corrected chi connectivity index (χ2v) is 1.84. The lowest BCUT2D eigenvalue weighted by Gasteiger charge is -1.86. The van der Waals surface area contributed by atoms with E-state index in [9.17, 15) is 0 Å². The SMILES string of the molecule is C[CH]CCc1conn1. The van der Waals surface area contributed by atoms with Crippen molar-refractivity contribution in [3.05, 3.63) is 18.4 Å². The highest BCUT2D eigenvalue weighted by Gasteiger charge is 1.94. The van der Waals surface area contributed by atoms with Crippen molar-refractivity contribution in [3.8, 4) is 0 Å². The van der Waals surface area contributed by atoms with Crippen LogP contribution in [0.3, 0.4) is 0 Å². The lowest BCUT2D eigenvalue weighted by molar-refractivity contribution is 0.392. The maximum atomic E-state index is 4.54. The number of unbranched alkanes of at least 4 members (excludes halogenated alkanes) is 1. The van der Waals surface area contributed by atoms with Gasteiger partial charge in [-0.3, -0.25) is 0 Å². The first-order valence-electron chi connectivity index (χ1n) is 2.97. The van der Waals surface area contributed by atoms with Crippen molar-refractivity contribution in [3.63, 3.8) is 0 Å². The van der Waals surface area contributed by atoms with E-state index < -0.39 is 0 Å². The van der Waals surface area contributed by atoms with E-state index in [1.165, 1.54) is 0 Å². The Bertz CT molecular complexity index is 148. The van der Waals surface area contributed by atoms with Gasteiger partial charge in [0.15, 0.2) is 0 Å². The molecule has 0 saturated heterocycles. The third kappa shape index (κ3) is 1.83. The van der Waals surface area contributed by atoms with Gasteiger partial charge in [-0.2, -0.15) is 0 Å². The fourth-order valence-electron chi connectivity index (χ4n) is 0.585. The second kappa shape index (κ2) is 3.22. The molecular formula is C6H9N2O. The number of aryl methyl sites for hydroxylation is 1. The average molecular weight is 125 g/mol. The van der Waals surface area contributed by atoms with Crippen LogP contribution in [0.4, 0.5) is 0 Å². The summed E-state index contributed by atoms with van der Waals surface area (Å²) in [6, 6.07) is 0. The molecule has 0 aliphatic rings. The van der Waals surface area contributed by atoms with Crippen LogP contribution in [-0.4, -0.2) is 10.4 Å². The predicted octanol–water partition coefficient (Wildman–Crippen LogP) is 1.23. The molecule has 0 aliphatic carbocycles. The molecule has 1 aromatic heterocycles. The van der Waals surface area contributed by atoms with Crippen molar-refractivity contribution in [2.45, 2.75) is 19.8 Å². The van der Waals surface area contributed by atoms with E-state index in [2.05, 4.69) is 21.3 Å². The summed E-state index contributed by atoms with van der Waals surface area (Å²) < 4.78 is 4.54. The molecule has 0 aromatic carbocycles. The first-order chi connectivity index (χ1) is 4.43. The van der Waals surface area contributed by atoms with Gasteiger partial charge in [-0.05, 0) is 19.3 Å². The van der Waals surface area contributed by atoms with Crippen LogP contribution in [0.1, 0.15) is 19.0 Å². The molecule has 0 bridgehead atoms. The van der Waals surface area contributed by atoms with E-state index in [4.69, 9.17) is 0 Å². The molecule has 1 rings (SSSR count). The van der Waals surface area contributed by atoms with Gasteiger partial charge in [0.2, 0.25) is 0 Å². The van der Waals surface area contributed by atoms with Gasteiger partial charge in [0.25, 0.3) is 0 Å². The van der Waals surface area contributed by atoms with Crippen LogP contribution in [0, 0.1) is 6.42 Å². The molecule has 1 radical (unpaired) electrons. The van der Waals surface area contributed by atoms with Gasteiger partial charge in [-0.1, -0.05) is 6.92 Å². The van der Waals surface area contributed by atoms with Crippen molar-refractivity contribution in [1.82, 2.24) is 10.4 Å². The molecule has 1 aromatic rings. The van der Waals surface area contributed by atoms with Crippen molar-refractivity contribution in [1.29, 1.82) is 0 Å². The standard InChI is InChI=1S/C6H9N2O/c1-2-3-4-6-5-9-8-7-6/h2,5H,3-4H2,1H3. The highest BCUT2D eigenvalue weighted by atomic mass is 16.5. The Morgan fingerprint density at radius 1 is 1.78 bits per heavy atom. The quantitative estimate of drug-likeness (QED) is 0.609. The monoisotopic (exact) mass is 125 g/mol. The molecule has 49 valence electrons. The number of aromatic nitrogens is 2. The van der Waals surface area contributed by atoms with Crippen LogP contribution >= 0.6 is 0 Å². The fourth-order valence-corrected chi connectivity index (χ4v) is 0.585. The third-order valence-corrected chi connectivity index (χ3v) is 1.09. The molecule has 0 N–H and O–H groups in total. The summed E-state index contributed by atoms with van der Waals surface area (Å²) in [4.78, 5) is 0. The Kier molecular flexibility index (Phi) is 2.24. The summed E-state index contributed by atoms with van der Waals surface area (Å²) in [5.74, 6) is 0. The Hall–Kier alpha value is -0.860. The number of hydrogen-bond acceptors (Lipinski definition) is 3. The molecule has 3 heteroatoms. The van der Waals surface area contributed by atoms with Gasteiger partial charge < -0.3 is 4.52 Å². The second-order valence-electron chi connectivity index (χ2n) is 1.84. The fraction of sp³-hybridized carbons (Fsp3) is 0.500. The summed E-state index contributed by atoms with van der Waals surface area (Å²) in [6.07, 6.45) is 5.63. The number of rotatable bonds is 3. The van der Waals surface area contributed by atoms with Gasteiger partial charge in [-0.25, -0.2) is 0 Å². The Labute approximate surface area is 54.0 Å². The van der Waals surface area contributed by atoms with Crippen LogP contribution in [0.2, 0.25) is 0 Å². The van der Waals surface area contributed by atoms with Gasteiger partial charge in [0, 0.05) is 5.27 Å². The van der Waals surface area contributed by atoms with Gasteiger partial charge in [0.1, 0.15) is 12.0 Å². The molecule has 0 atom stereocenters. The molecule has 0 unspecified atom stereocenters. The van der Waals surface area contributed by atoms with Crippen LogP contribution in [0.5, 0.6) is 0 Å². The third-order valence-electron chi connectivity index (χ3n) is 1.09. The Balaban J connectivity index is 2.30. The van der Waals surface area contributed by atoms with E-state index in [0.717, 1.165) is 18.5 Å². The zero-order valence-electron chi connectivity index (χ0n) is 5.37. The van der Waals surface area contributed by atoms with Crippen molar-refractivity contribution >= 4 is 0 Å². The average Bonchev–Trinajstić information content (AvgIpc) is 2.34. The highest BCUT2D eigenvalue weighted by molar-refractivity contribution is 4.88. The zero-order chi connectivity index (χ0) is 6.53. The summed E-state index contributed by atoms with van der Waals surface area (Å²) >= 11 is 0. The minimum atomic E-state index is 0.924. The molecule has 0 amide bonds. The van der Waals surface area contributed by atoms with E-state index in [0.29, 0.717) is 0 Å². The molecule has 0 aliphatic heterocycles. The van der Waals surface area contributed by atoms with Gasteiger partial charge in [0.05, 0.1) is 0 Å². The summed E-state index contributed by atoms with van der Waals surface area (Å²) in [6.45, 7) is 2.02. The molecule has 1 heterocycles. The summed E-state index contributed by atoms with van der Waals surface area (Å²) in [5.41, 5.74) is 0.924. The maximum absolute atomic E-state index is 4.54. The van der Waals surface area contributed by atoms with E-state index in [-0.39, 0.29) is 0 Å². The largest absolute Gasteiger partial charge is 0.345 e. The summed E-state index contributed by atoms with van der Waals surface area (Å²) in [7, 11) is 0. The van der Waals surface area contributed by atoms with Crippen LogP contribution < -0.4 is 0 Å². The lowest BCUT2D eigenvalue weighted by Crippen LogP contribution is -1.83. The number of hydrogen-bond donors (Lipinski definition) is 0.